The van der Waals surface area contributed by atoms with Gasteiger partial charge in [-0.3, -0.25) is 9.69 Å². The van der Waals surface area contributed by atoms with E-state index in [2.05, 4.69) is 4.90 Å². The van der Waals surface area contributed by atoms with Gasteiger partial charge in [-0.15, -0.1) is 0 Å². The summed E-state index contributed by atoms with van der Waals surface area (Å²) in [5, 5.41) is 0. The fourth-order valence-corrected chi connectivity index (χ4v) is 1.61. The second-order valence-corrected chi connectivity index (χ2v) is 4.51. The van der Waals surface area contributed by atoms with Crippen molar-refractivity contribution in [3.63, 3.8) is 0 Å². The average Bonchev–Trinajstić information content (AvgIpc) is 2.15. The van der Waals surface area contributed by atoms with Gasteiger partial charge in [0.2, 0.25) is 5.91 Å². The molecule has 88 valence electrons. The summed E-state index contributed by atoms with van der Waals surface area (Å²) >= 11 is 0. The Bertz CT molecular complexity index is 231. The van der Waals surface area contributed by atoms with E-state index in [1.807, 2.05) is 6.92 Å². The van der Waals surface area contributed by atoms with Crippen LogP contribution in [0.1, 0.15) is 20.3 Å². The van der Waals surface area contributed by atoms with Gasteiger partial charge < -0.3 is 16.2 Å². The Labute approximate surface area is 90.7 Å². The second kappa shape index (κ2) is 4.92. The molecule has 0 aromatic rings. The van der Waals surface area contributed by atoms with Crippen molar-refractivity contribution in [3.05, 3.63) is 0 Å². The van der Waals surface area contributed by atoms with Crippen LogP contribution in [0.15, 0.2) is 0 Å². The summed E-state index contributed by atoms with van der Waals surface area (Å²) in [6.45, 7) is 7.07. The molecule has 5 heteroatoms. The molecular weight excluding hydrogens is 194 g/mol. The Balaban J connectivity index is 2.33. The molecule has 2 atom stereocenters. The van der Waals surface area contributed by atoms with Gasteiger partial charge in [-0.25, -0.2) is 0 Å². The highest BCUT2D eigenvalue weighted by Gasteiger charge is 2.27. The molecule has 1 saturated heterocycles. The van der Waals surface area contributed by atoms with Crippen molar-refractivity contribution in [3.8, 4) is 0 Å². The lowest BCUT2D eigenvalue weighted by atomic mass is 9.98. The summed E-state index contributed by atoms with van der Waals surface area (Å²) in [6, 6.07) is 0. The number of carbonyl (C=O) groups is 1. The van der Waals surface area contributed by atoms with Crippen LogP contribution in [-0.2, 0) is 9.53 Å². The minimum Gasteiger partial charge on any atom is -0.376 e. The van der Waals surface area contributed by atoms with Crippen LogP contribution >= 0.6 is 0 Å². The number of hydrogen-bond acceptors (Lipinski definition) is 4. The van der Waals surface area contributed by atoms with Crippen LogP contribution in [0.5, 0.6) is 0 Å². The molecule has 0 spiro atoms. The Hall–Kier alpha value is -0.650. The van der Waals surface area contributed by atoms with Gasteiger partial charge in [-0.1, -0.05) is 0 Å². The number of ether oxygens (including phenoxy) is 1. The molecule has 1 amide bonds. The minimum atomic E-state index is -0.901. The molecule has 15 heavy (non-hydrogen) atoms. The second-order valence-electron chi connectivity index (χ2n) is 4.51. The Morgan fingerprint density at radius 2 is 2.33 bits per heavy atom. The van der Waals surface area contributed by atoms with Crippen LogP contribution in [0.3, 0.4) is 0 Å². The smallest absolute Gasteiger partial charge is 0.237 e. The molecular formula is C10H21N3O2. The summed E-state index contributed by atoms with van der Waals surface area (Å²) < 4.78 is 5.42. The summed E-state index contributed by atoms with van der Waals surface area (Å²) in [4.78, 5) is 13.3. The van der Waals surface area contributed by atoms with Gasteiger partial charge >= 0.3 is 0 Å². The lowest BCUT2D eigenvalue weighted by Crippen LogP contribution is -2.52. The van der Waals surface area contributed by atoms with Gasteiger partial charge in [0.15, 0.2) is 0 Å². The molecule has 1 heterocycles. The van der Waals surface area contributed by atoms with E-state index in [-0.39, 0.29) is 6.10 Å². The van der Waals surface area contributed by atoms with Crippen LogP contribution in [0.25, 0.3) is 0 Å². The van der Waals surface area contributed by atoms with Gasteiger partial charge in [0, 0.05) is 19.6 Å². The van der Waals surface area contributed by atoms with Crippen molar-refractivity contribution in [2.45, 2.75) is 31.9 Å². The van der Waals surface area contributed by atoms with Crippen LogP contribution in [0, 0.1) is 0 Å². The van der Waals surface area contributed by atoms with Gasteiger partial charge in [0.05, 0.1) is 18.2 Å². The molecule has 0 bridgehead atoms. The predicted octanol–water partition coefficient (Wildman–Crippen LogP) is -0.700. The van der Waals surface area contributed by atoms with Gasteiger partial charge in [0.25, 0.3) is 0 Å². The molecule has 2 unspecified atom stereocenters. The maximum absolute atomic E-state index is 11.0. The topological polar surface area (TPSA) is 81.6 Å². The fourth-order valence-electron chi connectivity index (χ4n) is 1.61. The number of nitrogens with two attached hydrogens (primary N) is 2. The molecule has 5 nitrogen and oxygen atoms in total. The first-order valence-corrected chi connectivity index (χ1v) is 5.34. The quantitative estimate of drug-likeness (QED) is 0.649. The van der Waals surface area contributed by atoms with Crippen molar-refractivity contribution in [1.29, 1.82) is 0 Å². The molecule has 1 aliphatic heterocycles. The first-order chi connectivity index (χ1) is 6.92. The molecule has 0 aromatic carbocycles. The maximum atomic E-state index is 11.0. The van der Waals surface area contributed by atoms with Crippen molar-refractivity contribution >= 4 is 5.91 Å². The van der Waals surface area contributed by atoms with Crippen LogP contribution in [0.2, 0.25) is 0 Å². The van der Waals surface area contributed by atoms with E-state index < -0.39 is 11.4 Å². The van der Waals surface area contributed by atoms with E-state index in [9.17, 15) is 4.79 Å². The predicted molar refractivity (Wildman–Crippen MR) is 58.3 cm³/mol. The van der Waals surface area contributed by atoms with E-state index in [4.69, 9.17) is 16.2 Å². The summed E-state index contributed by atoms with van der Waals surface area (Å²) in [5.41, 5.74) is 10.1. The summed E-state index contributed by atoms with van der Waals surface area (Å²) in [5.74, 6) is -0.441. The number of morpholine rings is 1. The van der Waals surface area contributed by atoms with E-state index in [0.717, 1.165) is 26.2 Å². The van der Waals surface area contributed by atoms with Crippen LogP contribution in [0.4, 0.5) is 0 Å². The molecule has 4 N–H and O–H groups in total. The first kappa shape index (κ1) is 12.4. The van der Waals surface area contributed by atoms with E-state index >= 15 is 0 Å². The monoisotopic (exact) mass is 215 g/mol. The Morgan fingerprint density at radius 1 is 1.67 bits per heavy atom. The zero-order chi connectivity index (χ0) is 11.5. The van der Waals surface area contributed by atoms with E-state index in [1.165, 1.54) is 0 Å². The fraction of sp³-hybridized carbons (Fsp3) is 0.900. The zero-order valence-corrected chi connectivity index (χ0v) is 9.53. The third-order valence-corrected chi connectivity index (χ3v) is 2.84. The van der Waals surface area contributed by atoms with Crippen molar-refractivity contribution in [2.75, 3.05) is 26.2 Å². The Kier molecular flexibility index (Phi) is 4.07. The normalized spacial score (nSPS) is 27.3. The average molecular weight is 215 g/mol. The van der Waals surface area contributed by atoms with E-state index in [0.29, 0.717) is 6.42 Å². The SMILES string of the molecule is CC1CN(CCC(C)(N)C(N)=O)CCO1. The number of rotatable bonds is 4. The number of primary amides is 1. The summed E-state index contributed by atoms with van der Waals surface area (Å²) in [7, 11) is 0. The third-order valence-electron chi connectivity index (χ3n) is 2.84. The minimum absolute atomic E-state index is 0.261. The van der Waals surface area contributed by atoms with Crippen molar-refractivity contribution in [2.24, 2.45) is 11.5 Å². The van der Waals surface area contributed by atoms with E-state index in [1.54, 1.807) is 6.92 Å². The number of amides is 1. The van der Waals surface area contributed by atoms with Gasteiger partial charge in [-0.05, 0) is 20.3 Å². The van der Waals surface area contributed by atoms with Crippen molar-refractivity contribution in [1.82, 2.24) is 4.90 Å². The largest absolute Gasteiger partial charge is 0.376 e. The lowest BCUT2D eigenvalue weighted by Gasteiger charge is -2.33. The van der Waals surface area contributed by atoms with Gasteiger partial charge in [-0.2, -0.15) is 0 Å². The summed E-state index contributed by atoms with van der Waals surface area (Å²) in [6.07, 6.45) is 0.853. The van der Waals surface area contributed by atoms with Gasteiger partial charge in [0.1, 0.15) is 0 Å². The zero-order valence-electron chi connectivity index (χ0n) is 9.53. The molecule has 1 fully saturated rings. The highest BCUT2D eigenvalue weighted by atomic mass is 16.5. The molecule has 0 aliphatic carbocycles. The highest BCUT2D eigenvalue weighted by Crippen LogP contribution is 2.09. The van der Waals surface area contributed by atoms with Crippen molar-refractivity contribution < 1.29 is 9.53 Å². The van der Waals surface area contributed by atoms with Crippen LogP contribution < -0.4 is 11.5 Å². The molecule has 1 aliphatic rings. The van der Waals surface area contributed by atoms with Crippen LogP contribution in [-0.4, -0.2) is 48.7 Å². The molecule has 0 aromatic heterocycles. The lowest BCUT2D eigenvalue weighted by molar-refractivity contribution is -0.123. The molecule has 0 radical (unpaired) electrons. The molecule has 1 rings (SSSR count). The third kappa shape index (κ3) is 3.77. The number of nitrogens with zero attached hydrogens (tertiary/aromatic N) is 1. The Morgan fingerprint density at radius 3 is 2.87 bits per heavy atom. The molecule has 0 saturated carbocycles. The standard InChI is InChI=1S/C10H21N3O2/c1-8-7-13(5-6-15-8)4-3-10(2,12)9(11)14/h8H,3-7,12H2,1-2H3,(H2,11,14). The number of carbonyl (C=O) groups excluding carboxylic acids is 1. The number of hydrogen-bond donors (Lipinski definition) is 2. The maximum Gasteiger partial charge on any atom is 0.237 e. The first-order valence-electron chi connectivity index (χ1n) is 5.34. The highest BCUT2D eigenvalue weighted by molar-refractivity contribution is 5.83.